The molecule has 0 amide bonds. The Kier molecular flexibility index (Phi) is 4.10. The molecule has 0 aromatic carbocycles. The second kappa shape index (κ2) is 4.22. The molecule has 16 heteroatoms. The van der Waals surface area contributed by atoms with Crippen molar-refractivity contribution >= 4 is 6.60 Å². The van der Waals surface area contributed by atoms with Gasteiger partial charge in [0.1, 0.15) is 0 Å². The van der Waals surface area contributed by atoms with E-state index in [1.54, 1.807) is 0 Å². The van der Waals surface area contributed by atoms with Crippen molar-refractivity contribution in [2.45, 2.75) is 29.6 Å². The molecule has 0 spiro atoms. The predicted molar refractivity (Wildman–Crippen MR) is 37.2 cm³/mol. The average molecular weight is 376 g/mol. The molecular formula is C5F15P. The number of halogens is 15. The fourth-order valence-corrected chi connectivity index (χ4v) is 4.31. The van der Waals surface area contributed by atoms with E-state index in [4.69, 9.17) is 0 Å². The van der Waals surface area contributed by atoms with Crippen molar-refractivity contribution in [2.75, 3.05) is 0 Å². The van der Waals surface area contributed by atoms with Gasteiger partial charge in [-0.3, -0.25) is 0 Å². The van der Waals surface area contributed by atoms with Crippen LogP contribution in [0.5, 0.6) is 0 Å². The van der Waals surface area contributed by atoms with Crippen molar-refractivity contribution in [3.63, 3.8) is 0 Å². The zero-order chi connectivity index (χ0) is 17.9. The van der Waals surface area contributed by atoms with Gasteiger partial charge in [-0.05, 0) is 0 Å². The van der Waals surface area contributed by atoms with Gasteiger partial charge in [0.2, 0.25) is 0 Å². The summed E-state index contributed by atoms with van der Waals surface area (Å²) in [5.41, 5.74) is 0. The van der Waals surface area contributed by atoms with Crippen LogP contribution in [0.25, 0.3) is 0 Å². The van der Waals surface area contributed by atoms with Crippen molar-refractivity contribution in [1.29, 1.82) is 0 Å². The average Bonchev–Trinajstić information content (AvgIpc) is 1.85. The molecule has 0 bridgehead atoms. The van der Waals surface area contributed by atoms with Crippen LogP contribution in [0.2, 0.25) is 0 Å². The van der Waals surface area contributed by atoms with Gasteiger partial charge in [-0.15, -0.1) is 0 Å². The fraction of sp³-hybridized carbons (Fsp3) is 1.00. The van der Waals surface area contributed by atoms with Crippen LogP contribution in [-0.4, -0.2) is 29.6 Å². The van der Waals surface area contributed by atoms with Crippen LogP contribution in [0.4, 0.5) is 65.9 Å². The van der Waals surface area contributed by atoms with Gasteiger partial charge in [0.25, 0.3) is 0 Å². The van der Waals surface area contributed by atoms with Crippen LogP contribution in [0.3, 0.4) is 0 Å². The quantitative estimate of drug-likeness (QED) is 0.352. The summed E-state index contributed by atoms with van der Waals surface area (Å²) in [6.45, 7) is -12.4. The normalized spacial score (nSPS) is 18.3. The maximum atomic E-state index is 12.2. The second-order valence-corrected chi connectivity index (χ2v) is 8.23. The van der Waals surface area contributed by atoms with E-state index in [0.29, 0.717) is 0 Å². The summed E-state index contributed by atoms with van der Waals surface area (Å²) in [7, 11) is 0. The van der Waals surface area contributed by atoms with Crippen LogP contribution in [0.1, 0.15) is 0 Å². The van der Waals surface area contributed by atoms with Crippen molar-refractivity contribution in [1.82, 2.24) is 0 Å². The topological polar surface area (TPSA) is 0 Å². The van der Waals surface area contributed by atoms with Crippen molar-refractivity contribution in [2.24, 2.45) is 0 Å². The SMILES string of the molecule is FC(F)(F)P(C(F)(F)F)(C(F)(F)F)(C(F)(F)F)C(F)(F)F. The molecule has 0 fully saturated rings. The third kappa shape index (κ3) is 1.66. The van der Waals surface area contributed by atoms with Gasteiger partial charge >= 0.3 is 102 Å². The van der Waals surface area contributed by atoms with E-state index >= 15 is 0 Å². The van der Waals surface area contributed by atoms with Gasteiger partial charge in [-0.1, -0.05) is 0 Å². The Balaban J connectivity index is 7.73. The van der Waals surface area contributed by atoms with E-state index in [2.05, 4.69) is 0 Å². The number of alkyl halides is 15. The fourth-order valence-electron chi connectivity index (χ4n) is 1.44. The Morgan fingerprint density at radius 2 is 0.381 bits per heavy atom. The van der Waals surface area contributed by atoms with Gasteiger partial charge < -0.3 is 0 Å². The first-order chi connectivity index (χ1) is 8.62. The predicted octanol–water partition coefficient (Wildman–Crippen LogP) is 6.14. The first-order valence-corrected chi connectivity index (χ1v) is 6.19. The Bertz CT molecular complexity index is 297. The van der Waals surface area contributed by atoms with Gasteiger partial charge in [-0.25, -0.2) is 0 Å². The summed E-state index contributed by atoms with van der Waals surface area (Å²) in [5, 5.41) is 0. The second-order valence-electron chi connectivity index (χ2n) is 3.46. The molecular weight excluding hydrogens is 376 g/mol. The summed E-state index contributed by atoms with van der Waals surface area (Å²) in [6, 6.07) is 0. The first kappa shape index (κ1) is 20.4. The molecule has 0 N–H and O–H groups in total. The molecule has 0 atom stereocenters. The van der Waals surface area contributed by atoms with Crippen LogP contribution < -0.4 is 0 Å². The Morgan fingerprint density at radius 1 is 0.286 bits per heavy atom. The molecule has 21 heavy (non-hydrogen) atoms. The minimum atomic E-state index is -12.4. The zero-order valence-electron chi connectivity index (χ0n) is 8.62. The molecule has 0 radical (unpaired) electrons. The summed E-state index contributed by atoms with van der Waals surface area (Å²) in [5.74, 6) is -43.6. The van der Waals surface area contributed by atoms with Gasteiger partial charge in [0, 0.05) is 0 Å². The van der Waals surface area contributed by atoms with Crippen LogP contribution in [0.15, 0.2) is 0 Å². The molecule has 0 saturated carbocycles. The third-order valence-corrected chi connectivity index (χ3v) is 7.61. The molecule has 0 unspecified atom stereocenters. The first-order valence-electron chi connectivity index (χ1n) is 3.95. The molecule has 0 aromatic heterocycles. The number of hydrogen-bond donors (Lipinski definition) is 0. The van der Waals surface area contributed by atoms with E-state index in [1.165, 1.54) is 0 Å². The molecule has 0 saturated heterocycles. The molecule has 0 aliphatic carbocycles. The molecule has 0 rings (SSSR count). The van der Waals surface area contributed by atoms with E-state index in [-0.39, 0.29) is 0 Å². The number of hydrogen-bond acceptors (Lipinski definition) is 0. The molecule has 0 heterocycles. The third-order valence-electron chi connectivity index (χ3n) is 2.54. The van der Waals surface area contributed by atoms with E-state index < -0.39 is 36.2 Å². The van der Waals surface area contributed by atoms with Crippen molar-refractivity contribution < 1.29 is 65.9 Å². The van der Waals surface area contributed by atoms with E-state index in [0.717, 1.165) is 0 Å². The van der Waals surface area contributed by atoms with Gasteiger partial charge in [-0.2, -0.15) is 0 Å². The van der Waals surface area contributed by atoms with Crippen molar-refractivity contribution in [3.05, 3.63) is 0 Å². The number of rotatable bonds is 0. The summed E-state index contributed by atoms with van der Waals surface area (Å²) < 4.78 is 183. The van der Waals surface area contributed by atoms with Crippen LogP contribution in [0, 0.1) is 0 Å². The van der Waals surface area contributed by atoms with Gasteiger partial charge in [0.15, 0.2) is 0 Å². The van der Waals surface area contributed by atoms with E-state index in [9.17, 15) is 65.9 Å². The molecule has 130 valence electrons. The zero-order valence-corrected chi connectivity index (χ0v) is 9.51. The summed E-state index contributed by atoms with van der Waals surface area (Å²) in [4.78, 5) is 0. The Labute approximate surface area is 103 Å². The molecule has 0 aromatic rings. The summed E-state index contributed by atoms with van der Waals surface area (Å²) >= 11 is 0. The Morgan fingerprint density at radius 3 is 0.381 bits per heavy atom. The van der Waals surface area contributed by atoms with Crippen LogP contribution >= 0.6 is 6.60 Å². The standard InChI is InChI=1S/C5F15P/c6-1(7,8)21(2(9,10)11,3(12,13)14,4(15,16)17)5(18,19)20. The molecule has 0 nitrogen and oxygen atoms in total. The monoisotopic (exact) mass is 376 g/mol. The Hall–Kier alpha value is -0.620. The van der Waals surface area contributed by atoms with Crippen molar-refractivity contribution in [3.8, 4) is 0 Å². The van der Waals surface area contributed by atoms with Gasteiger partial charge in [0.05, 0.1) is 0 Å². The van der Waals surface area contributed by atoms with E-state index in [1.807, 2.05) is 0 Å². The summed E-state index contributed by atoms with van der Waals surface area (Å²) in [6.07, 6.45) is 0. The molecule has 0 aliphatic heterocycles. The molecule has 0 aliphatic rings. The maximum absolute atomic E-state index is 12.4. The minimum absolute atomic E-state index is 8.72. The van der Waals surface area contributed by atoms with Crippen LogP contribution in [-0.2, 0) is 0 Å².